The second kappa shape index (κ2) is 8.39. The number of nitrogens with one attached hydrogen (secondary N) is 1. The van der Waals surface area contributed by atoms with Gasteiger partial charge in [-0.15, -0.1) is 0 Å². The number of aliphatic hydroxyl groups is 1. The molecule has 1 saturated carbocycles. The van der Waals surface area contributed by atoms with E-state index in [0.717, 1.165) is 6.42 Å². The van der Waals surface area contributed by atoms with Crippen LogP contribution in [0.5, 0.6) is 0 Å². The first-order chi connectivity index (χ1) is 8.20. The summed E-state index contributed by atoms with van der Waals surface area (Å²) in [6, 6.07) is 0.686. The number of unbranched alkanes of at least 4 members (excludes halogenated alkanes) is 2. The molecule has 1 aliphatic rings. The quantitative estimate of drug-likeness (QED) is 0.559. The van der Waals surface area contributed by atoms with Crippen LogP contribution < -0.4 is 5.32 Å². The fourth-order valence-electron chi connectivity index (χ4n) is 1.99. The Morgan fingerprint density at radius 2 is 1.94 bits per heavy atom. The summed E-state index contributed by atoms with van der Waals surface area (Å²) in [6.45, 7) is 4.68. The van der Waals surface area contributed by atoms with E-state index in [4.69, 9.17) is 0 Å². The second-order valence-corrected chi connectivity index (χ2v) is 6.79. The van der Waals surface area contributed by atoms with Gasteiger partial charge in [0.2, 0.25) is 0 Å². The highest BCUT2D eigenvalue weighted by atomic mass is 32.2. The SMILES string of the molecule is CCCCSCCCCC(C)(CO)NC1CC1. The maximum atomic E-state index is 9.47. The van der Waals surface area contributed by atoms with Crippen LogP contribution in [0.15, 0.2) is 0 Å². The molecule has 1 rings (SSSR count). The highest BCUT2D eigenvalue weighted by molar-refractivity contribution is 7.99. The van der Waals surface area contributed by atoms with E-state index < -0.39 is 0 Å². The molecule has 0 aromatic heterocycles. The van der Waals surface area contributed by atoms with Gasteiger partial charge in [-0.05, 0) is 50.5 Å². The van der Waals surface area contributed by atoms with Gasteiger partial charge in [-0.2, -0.15) is 11.8 Å². The maximum absolute atomic E-state index is 9.47. The van der Waals surface area contributed by atoms with Gasteiger partial charge in [0.05, 0.1) is 6.61 Å². The van der Waals surface area contributed by atoms with Gasteiger partial charge < -0.3 is 10.4 Å². The fourth-order valence-corrected chi connectivity index (χ4v) is 3.09. The molecular weight excluding hydrogens is 230 g/mol. The molecule has 0 saturated heterocycles. The lowest BCUT2D eigenvalue weighted by Crippen LogP contribution is -2.46. The molecule has 2 N–H and O–H groups in total. The molecule has 0 amide bonds. The number of hydrogen-bond donors (Lipinski definition) is 2. The molecule has 1 fully saturated rings. The van der Waals surface area contributed by atoms with Gasteiger partial charge in [0.1, 0.15) is 0 Å². The Morgan fingerprint density at radius 1 is 1.24 bits per heavy atom. The van der Waals surface area contributed by atoms with Crippen LogP contribution >= 0.6 is 11.8 Å². The third kappa shape index (κ3) is 7.32. The van der Waals surface area contributed by atoms with Crippen LogP contribution in [0, 0.1) is 0 Å². The van der Waals surface area contributed by atoms with Crippen molar-refractivity contribution in [2.45, 2.75) is 70.4 Å². The summed E-state index contributed by atoms with van der Waals surface area (Å²) in [5.41, 5.74) is -0.0325. The molecule has 0 heterocycles. The molecule has 1 aliphatic carbocycles. The zero-order valence-corrected chi connectivity index (χ0v) is 12.3. The normalized spacial score (nSPS) is 19.2. The van der Waals surface area contributed by atoms with Gasteiger partial charge in [-0.1, -0.05) is 19.8 Å². The van der Waals surface area contributed by atoms with E-state index in [1.165, 1.54) is 50.0 Å². The van der Waals surface area contributed by atoms with Crippen molar-refractivity contribution < 1.29 is 5.11 Å². The molecule has 17 heavy (non-hydrogen) atoms. The lowest BCUT2D eigenvalue weighted by molar-refractivity contribution is 0.161. The minimum absolute atomic E-state index is 0.0325. The van der Waals surface area contributed by atoms with Crippen molar-refractivity contribution in [1.29, 1.82) is 0 Å². The van der Waals surface area contributed by atoms with Gasteiger partial charge in [0.15, 0.2) is 0 Å². The van der Waals surface area contributed by atoms with E-state index in [1.54, 1.807) is 0 Å². The monoisotopic (exact) mass is 259 g/mol. The van der Waals surface area contributed by atoms with Gasteiger partial charge in [0.25, 0.3) is 0 Å². The van der Waals surface area contributed by atoms with Crippen LogP contribution in [0.3, 0.4) is 0 Å². The topological polar surface area (TPSA) is 32.3 Å². The summed E-state index contributed by atoms with van der Waals surface area (Å²) in [7, 11) is 0. The molecule has 1 unspecified atom stereocenters. The van der Waals surface area contributed by atoms with Gasteiger partial charge in [-0.3, -0.25) is 0 Å². The summed E-state index contributed by atoms with van der Waals surface area (Å²) in [5.74, 6) is 2.60. The predicted molar refractivity (Wildman–Crippen MR) is 77.7 cm³/mol. The fraction of sp³-hybridized carbons (Fsp3) is 1.00. The van der Waals surface area contributed by atoms with Crippen molar-refractivity contribution in [1.82, 2.24) is 5.32 Å². The third-order valence-electron chi connectivity index (χ3n) is 3.39. The Kier molecular flexibility index (Phi) is 7.56. The van der Waals surface area contributed by atoms with E-state index in [0.29, 0.717) is 6.04 Å². The Morgan fingerprint density at radius 3 is 2.53 bits per heavy atom. The van der Waals surface area contributed by atoms with Crippen LogP contribution in [0.1, 0.15) is 58.8 Å². The smallest absolute Gasteiger partial charge is 0.0610 e. The van der Waals surface area contributed by atoms with E-state index in [9.17, 15) is 5.11 Å². The lowest BCUT2D eigenvalue weighted by Gasteiger charge is -2.29. The first-order valence-electron chi connectivity index (χ1n) is 7.16. The summed E-state index contributed by atoms with van der Waals surface area (Å²) in [4.78, 5) is 0. The molecule has 1 atom stereocenters. The zero-order valence-electron chi connectivity index (χ0n) is 11.5. The molecule has 0 aliphatic heterocycles. The first-order valence-corrected chi connectivity index (χ1v) is 8.32. The molecule has 0 radical (unpaired) electrons. The van der Waals surface area contributed by atoms with Crippen LogP contribution in [0.2, 0.25) is 0 Å². The van der Waals surface area contributed by atoms with Gasteiger partial charge in [-0.25, -0.2) is 0 Å². The van der Waals surface area contributed by atoms with Crippen molar-refractivity contribution in [3.63, 3.8) is 0 Å². The average molecular weight is 259 g/mol. The van der Waals surface area contributed by atoms with Crippen LogP contribution in [0.25, 0.3) is 0 Å². The summed E-state index contributed by atoms with van der Waals surface area (Å²) < 4.78 is 0. The Balaban J connectivity index is 1.98. The lowest BCUT2D eigenvalue weighted by atomic mass is 9.96. The summed E-state index contributed by atoms with van der Waals surface area (Å²) >= 11 is 2.08. The van der Waals surface area contributed by atoms with Crippen LogP contribution in [0.4, 0.5) is 0 Å². The Bertz CT molecular complexity index is 197. The largest absolute Gasteiger partial charge is 0.394 e. The van der Waals surface area contributed by atoms with E-state index in [2.05, 4.69) is 30.9 Å². The third-order valence-corrected chi connectivity index (χ3v) is 4.54. The molecule has 0 aromatic rings. The maximum Gasteiger partial charge on any atom is 0.0610 e. The van der Waals surface area contributed by atoms with Gasteiger partial charge >= 0.3 is 0 Å². The minimum Gasteiger partial charge on any atom is -0.394 e. The van der Waals surface area contributed by atoms with Gasteiger partial charge in [0, 0.05) is 11.6 Å². The molecule has 102 valence electrons. The molecule has 2 nitrogen and oxygen atoms in total. The summed E-state index contributed by atoms with van der Waals surface area (Å²) in [6.07, 6.45) is 8.87. The Hall–Kier alpha value is 0.270. The number of thioether (sulfide) groups is 1. The van der Waals surface area contributed by atoms with Crippen molar-refractivity contribution in [2.75, 3.05) is 18.1 Å². The molecule has 0 bridgehead atoms. The van der Waals surface area contributed by atoms with Crippen LogP contribution in [-0.4, -0.2) is 34.8 Å². The molecule has 3 heteroatoms. The van der Waals surface area contributed by atoms with Crippen molar-refractivity contribution in [3.8, 4) is 0 Å². The minimum atomic E-state index is -0.0325. The standard InChI is InChI=1S/C14H29NOS/c1-3-4-10-17-11-6-5-9-14(2,12-16)15-13-7-8-13/h13,15-16H,3-12H2,1-2H3. The molecular formula is C14H29NOS. The molecule has 0 aromatic carbocycles. The Labute approximate surface area is 111 Å². The van der Waals surface area contributed by atoms with Crippen molar-refractivity contribution in [2.24, 2.45) is 0 Å². The first kappa shape index (κ1) is 15.3. The zero-order chi connectivity index (χ0) is 12.6. The predicted octanol–water partition coefficient (Wildman–Crippen LogP) is 3.19. The highest BCUT2D eigenvalue weighted by Gasteiger charge is 2.31. The number of hydrogen-bond acceptors (Lipinski definition) is 3. The van der Waals surface area contributed by atoms with Crippen molar-refractivity contribution in [3.05, 3.63) is 0 Å². The summed E-state index contributed by atoms with van der Waals surface area (Å²) in [5, 5.41) is 13.0. The van der Waals surface area contributed by atoms with Crippen LogP contribution in [-0.2, 0) is 0 Å². The second-order valence-electron chi connectivity index (χ2n) is 5.56. The average Bonchev–Trinajstić information content (AvgIpc) is 3.12. The highest BCUT2D eigenvalue weighted by Crippen LogP contribution is 2.25. The van der Waals surface area contributed by atoms with Crippen molar-refractivity contribution >= 4 is 11.8 Å². The van der Waals surface area contributed by atoms with E-state index in [-0.39, 0.29) is 12.1 Å². The van der Waals surface area contributed by atoms with E-state index >= 15 is 0 Å². The number of aliphatic hydroxyl groups excluding tert-OH is 1. The molecule has 0 spiro atoms. The number of rotatable bonds is 11. The van der Waals surface area contributed by atoms with E-state index in [1.807, 2.05) is 0 Å².